The van der Waals surface area contributed by atoms with E-state index in [0.29, 0.717) is 6.61 Å². The molecule has 2 aromatic rings. The largest absolute Gasteiger partial charge is 0.494 e. The van der Waals surface area contributed by atoms with Gasteiger partial charge in [0.05, 0.1) is 13.7 Å². The molecule has 2 heterocycles. The summed E-state index contributed by atoms with van der Waals surface area (Å²) >= 11 is 3.43. The van der Waals surface area contributed by atoms with Crippen LogP contribution in [0.4, 0.5) is 0 Å². The van der Waals surface area contributed by atoms with E-state index in [2.05, 4.69) is 25.9 Å². The molecule has 3 rings (SSSR count). The van der Waals surface area contributed by atoms with Crippen LogP contribution in [0.2, 0.25) is 0 Å². The number of halogens is 1. The van der Waals surface area contributed by atoms with Crippen molar-refractivity contribution in [3.8, 4) is 5.75 Å². The van der Waals surface area contributed by atoms with Crippen LogP contribution in [0.25, 0.3) is 5.76 Å². The number of ether oxygens (including phenoxy) is 2. The Balaban J connectivity index is 1.65. The third kappa shape index (κ3) is 4.32. The first-order valence-corrected chi connectivity index (χ1v) is 8.52. The molecule has 5 heteroatoms. The molecule has 0 saturated heterocycles. The second-order valence-electron chi connectivity index (χ2n) is 5.42. The van der Waals surface area contributed by atoms with Gasteiger partial charge >= 0.3 is 0 Å². The van der Waals surface area contributed by atoms with Gasteiger partial charge in [-0.1, -0.05) is 0 Å². The Morgan fingerprint density at radius 1 is 1.17 bits per heavy atom. The second kappa shape index (κ2) is 7.59. The van der Waals surface area contributed by atoms with Crippen molar-refractivity contribution in [2.24, 2.45) is 0 Å². The first-order chi connectivity index (χ1) is 11.3. The van der Waals surface area contributed by atoms with Gasteiger partial charge in [0.2, 0.25) is 0 Å². The minimum atomic E-state index is 0.644. The number of pyridine rings is 2. The number of aromatic nitrogens is 2. The SMILES string of the molecule is COC(=C1CC1)c1nc(Br)ccc1OCCCc1ccncc1. The standard InChI is InChI=1S/C18H19BrN2O2/c1-22-18(14-4-5-14)17-15(6-7-16(19)21-17)23-12-2-3-13-8-10-20-11-9-13/h6-11H,2-5,12H2,1H3. The molecular weight excluding hydrogens is 356 g/mol. The Morgan fingerprint density at radius 2 is 1.96 bits per heavy atom. The van der Waals surface area contributed by atoms with Gasteiger partial charge < -0.3 is 9.47 Å². The molecule has 0 spiro atoms. The summed E-state index contributed by atoms with van der Waals surface area (Å²) in [6.45, 7) is 0.644. The average Bonchev–Trinajstić information content (AvgIpc) is 3.40. The van der Waals surface area contributed by atoms with Crippen LogP contribution < -0.4 is 4.74 Å². The van der Waals surface area contributed by atoms with Gasteiger partial charge in [0.25, 0.3) is 0 Å². The molecule has 1 fully saturated rings. The lowest BCUT2D eigenvalue weighted by atomic mass is 10.1. The van der Waals surface area contributed by atoms with E-state index in [1.165, 1.54) is 11.1 Å². The molecule has 0 amide bonds. The minimum Gasteiger partial charge on any atom is -0.494 e. The molecule has 0 aliphatic heterocycles. The van der Waals surface area contributed by atoms with Crippen molar-refractivity contribution >= 4 is 21.7 Å². The fraction of sp³-hybridized carbons (Fsp3) is 0.333. The predicted molar refractivity (Wildman–Crippen MR) is 93.2 cm³/mol. The maximum atomic E-state index is 5.96. The summed E-state index contributed by atoms with van der Waals surface area (Å²) in [4.78, 5) is 8.57. The lowest BCUT2D eigenvalue weighted by Gasteiger charge is -2.13. The molecule has 0 N–H and O–H groups in total. The molecule has 23 heavy (non-hydrogen) atoms. The Bertz CT molecular complexity index is 695. The minimum absolute atomic E-state index is 0.644. The molecule has 0 radical (unpaired) electrons. The topological polar surface area (TPSA) is 44.2 Å². The molecular formula is C18H19BrN2O2. The van der Waals surface area contributed by atoms with Crippen molar-refractivity contribution in [1.29, 1.82) is 0 Å². The van der Waals surface area contributed by atoms with Crippen molar-refractivity contribution in [1.82, 2.24) is 9.97 Å². The van der Waals surface area contributed by atoms with E-state index in [1.54, 1.807) is 7.11 Å². The van der Waals surface area contributed by atoms with E-state index in [0.717, 1.165) is 47.5 Å². The predicted octanol–water partition coefficient (Wildman–Crippen LogP) is 4.40. The van der Waals surface area contributed by atoms with Gasteiger partial charge in [-0.3, -0.25) is 4.98 Å². The lowest BCUT2D eigenvalue weighted by molar-refractivity contribution is 0.303. The van der Waals surface area contributed by atoms with Crippen LogP contribution in [0.1, 0.15) is 30.5 Å². The molecule has 120 valence electrons. The van der Waals surface area contributed by atoms with Crippen LogP contribution in [-0.4, -0.2) is 23.7 Å². The highest BCUT2D eigenvalue weighted by atomic mass is 79.9. The fourth-order valence-electron chi connectivity index (χ4n) is 2.41. The number of hydrogen-bond acceptors (Lipinski definition) is 4. The van der Waals surface area contributed by atoms with E-state index in [-0.39, 0.29) is 0 Å². The molecule has 0 bridgehead atoms. The maximum Gasteiger partial charge on any atom is 0.148 e. The van der Waals surface area contributed by atoms with Gasteiger partial charge in [-0.2, -0.15) is 0 Å². The van der Waals surface area contributed by atoms with Gasteiger partial charge in [-0.25, -0.2) is 4.98 Å². The van der Waals surface area contributed by atoms with Crippen LogP contribution in [0, 0.1) is 0 Å². The Labute approximate surface area is 144 Å². The molecule has 1 saturated carbocycles. The van der Waals surface area contributed by atoms with Gasteiger partial charge in [-0.05, 0) is 77.0 Å². The van der Waals surface area contributed by atoms with Crippen molar-refractivity contribution < 1.29 is 9.47 Å². The molecule has 4 nitrogen and oxygen atoms in total. The van der Waals surface area contributed by atoms with Crippen LogP contribution >= 0.6 is 15.9 Å². The normalized spacial score (nSPS) is 12.9. The third-order valence-electron chi connectivity index (χ3n) is 3.68. The van der Waals surface area contributed by atoms with Gasteiger partial charge in [0.15, 0.2) is 0 Å². The smallest absolute Gasteiger partial charge is 0.148 e. The summed E-state index contributed by atoms with van der Waals surface area (Å²) < 4.78 is 12.3. The van der Waals surface area contributed by atoms with Crippen LogP contribution in [0.3, 0.4) is 0 Å². The van der Waals surface area contributed by atoms with E-state index >= 15 is 0 Å². The zero-order valence-corrected chi connectivity index (χ0v) is 14.7. The molecule has 0 unspecified atom stereocenters. The molecule has 1 aliphatic carbocycles. The quantitative estimate of drug-likeness (QED) is 0.409. The van der Waals surface area contributed by atoms with Crippen molar-refractivity contribution in [3.05, 3.63) is 58.1 Å². The van der Waals surface area contributed by atoms with Crippen LogP contribution in [0.5, 0.6) is 5.75 Å². The highest BCUT2D eigenvalue weighted by Crippen LogP contribution is 2.39. The molecule has 0 atom stereocenters. The lowest BCUT2D eigenvalue weighted by Crippen LogP contribution is -2.04. The van der Waals surface area contributed by atoms with Crippen LogP contribution in [0.15, 0.2) is 46.8 Å². The summed E-state index contributed by atoms with van der Waals surface area (Å²) in [7, 11) is 1.69. The Morgan fingerprint density at radius 3 is 2.65 bits per heavy atom. The zero-order chi connectivity index (χ0) is 16.1. The summed E-state index contributed by atoms with van der Waals surface area (Å²) in [5, 5.41) is 0. The first kappa shape index (κ1) is 16.0. The Kier molecular flexibility index (Phi) is 5.28. The monoisotopic (exact) mass is 374 g/mol. The number of methoxy groups -OCH3 is 1. The second-order valence-corrected chi connectivity index (χ2v) is 6.24. The number of rotatable bonds is 7. The molecule has 1 aliphatic rings. The first-order valence-electron chi connectivity index (χ1n) is 7.72. The highest BCUT2D eigenvalue weighted by molar-refractivity contribution is 9.10. The summed E-state index contributed by atoms with van der Waals surface area (Å²) in [5.41, 5.74) is 3.37. The highest BCUT2D eigenvalue weighted by Gasteiger charge is 2.23. The van der Waals surface area contributed by atoms with Crippen molar-refractivity contribution in [2.45, 2.75) is 25.7 Å². The van der Waals surface area contributed by atoms with E-state index in [4.69, 9.17) is 9.47 Å². The third-order valence-corrected chi connectivity index (χ3v) is 4.12. The Hall–Kier alpha value is -1.88. The molecule has 0 aromatic carbocycles. The van der Waals surface area contributed by atoms with Crippen LogP contribution in [-0.2, 0) is 11.2 Å². The summed E-state index contributed by atoms with van der Waals surface area (Å²) in [6, 6.07) is 7.91. The van der Waals surface area contributed by atoms with E-state index < -0.39 is 0 Å². The molecule has 2 aromatic heterocycles. The number of hydrogen-bond donors (Lipinski definition) is 0. The fourth-order valence-corrected chi connectivity index (χ4v) is 2.72. The van der Waals surface area contributed by atoms with Crippen molar-refractivity contribution in [3.63, 3.8) is 0 Å². The number of nitrogens with zero attached hydrogens (tertiary/aromatic N) is 2. The maximum absolute atomic E-state index is 5.96. The van der Waals surface area contributed by atoms with Gasteiger partial charge in [0, 0.05) is 12.4 Å². The summed E-state index contributed by atoms with van der Waals surface area (Å²) in [5.74, 6) is 1.63. The zero-order valence-electron chi connectivity index (χ0n) is 13.1. The van der Waals surface area contributed by atoms with Crippen molar-refractivity contribution in [2.75, 3.05) is 13.7 Å². The summed E-state index contributed by atoms with van der Waals surface area (Å²) in [6.07, 6.45) is 7.72. The van der Waals surface area contributed by atoms with E-state index in [1.807, 2.05) is 36.7 Å². The average molecular weight is 375 g/mol. The van der Waals surface area contributed by atoms with Gasteiger partial charge in [0.1, 0.15) is 21.8 Å². The van der Waals surface area contributed by atoms with Gasteiger partial charge in [-0.15, -0.1) is 0 Å². The number of aryl methyl sites for hydroxylation is 1. The van der Waals surface area contributed by atoms with E-state index in [9.17, 15) is 0 Å². The number of allylic oxidation sites excluding steroid dienone is 1.